The Morgan fingerprint density at radius 1 is 1.43 bits per heavy atom. The van der Waals surface area contributed by atoms with Crippen molar-refractivity contribution in [1.29, 1.82) is 0 Å². The van der Waals surface area contributed by atoms with Crippen molar-refractivity contribution in [2.75, 3.05) is 0 Å². The predicted molar refractivity (Wildman–Crippen MR) is 91.7 cm³/mol. The summed E-state index contributed by atoms with van der Waals surface area (Å²) in [6.45, 7) is 1.98. The fraction of sp³-hybridized carbons (Fsp3) is 0.471. The summed E-state index contributed by atoms with van der Waals surface area (Å²) in [4.78, 5) is 23.8. The van der Waals surface area contributed by atoms with Crippen molar-refractivity contribution in [3.8, 4) is 0 Å². The molecule has 1 amide bonds. The van der Waals surface area contributed by atoms with Crippen molar-refractivity contribution in [2.45, 2.75) is 51.5 Å². The minimum Gasteiger partial charge on any atom is -0.387 e. The summed E-state index contributed by atoms with van der Waals surface area (Å²) < 4.78 is 0. The molecule has 1 aliphatic rings. The Labute approximate surface area is 135 Å². The summed E-state index contributed by atoms with van der Waals surface area (Å²) in [5, 5.41) is 4.07. The zero-order valence-electron chi connectivity index (χ0n) is 13.4. The molecule has 1 aliphatic carbocycles. The average molecular weight is 313 g/mol. The Morgan fingerprint density at radius 3 is 3.00 bits per heavy atom. The van der Waals surface area contributed by atoms with Gasteiger partial charge >= 0.3 is 0 Å². The van der Waals surface area contributed by atoms with E-state index in [9.17, 15) is 4.79 Å². The zero-order chi connectivity index (χ0) is 16.2. The first-order valence-electron chi connectivity index (χ1n) is 8.18. The fourth-order valence-electron chi connectivity index (χ4n) is 3.13. The summed E-state index contributed by atoms with van der Waals surface area (Å²) in [7, 11) is 0. The molecule has 0 aliphatic heterocycles. The summed E-state index contributed by atoms with van der Waals surface area (Å²) in [6.07, 6.45) is 9.43. The minimum atomic E-state index is -0.0496. The fourth-order valence-corrected chi connectivity index (χ4v) is 3.13. The lowest BCUT2D eigenvalue weighted by Crippen LogP contribution is -2.38. The van der Waals surface area contributed by atoms with E-state index in [2.05, 4.69) is 20.3 Å². The molecule has 0 spiro atoms. The molecule has 23 heavy (non-hydrogen) atoms. The highest BCUT2D eigenvalue weighted by molar-refractivity contribution is 6.00. The number of carbonyl (C=O) groups excluding carboxylic acids is 1. The quantitative estimate of drug-likeness (QED) is 0.598. The Hall–Kier alpha value is -2.37. The summed E-state index contributed by atoms with van der Waals surface area (Å²) in [5.41, 5.74) is 8.50. The first-order chi connectivity index (χ1) is 11.1. The van der Waals surface area contributed by atoms with Gasteiger partial charge in [0.15, 0.2) is 0 Å². The van der Waals surface area contributed by atoms with Crippen LogP contribution in [0.1, 0.15) is 44.1 Å². The molecule has 0 atom stereocenters. The van der Waals surface area contributed by atoms with E-state index >= 15 is 0 Å². The number of nitrogens with two attached hydrogens (primary N) is 1. The van der Waals surface area contributed by atoms with E-state index in [4.69, 9.17) is 5.73 Å². The number of rotatable bonds is 4. The lowest BCUT2D eigenvalue weighted by molar-refractivity contribution is -0.120. The summed E-state index contributed by atoms with van der Waals surface area (Å²) in [6, 6.07) is 2.26. The minimum absolute atomic E-state index is 0.0496. The van der Waals surface area contributed by atoms with Crippen molar-refractivity contribution >= 4 is 28.5 Å². The number of hydrogen-bond acceptors (Lipinski definition) is 3. The van der Waals surface area contributed by atoms with Crippen LogP contribution in [0.3, 0.4) is 0 Å². The molecular formula is C17H23N5O. The Morgan fingerprint density at radius 2 is 2.22 bits per heavy atom. The average Bonchev–Trinajstić information content (AvgIpc) is 3.00. The number of amides is 1. The zero-order valence-corrected chi connectivity index (χ0v) is 13.4. The topological polar surface area (TPSA) is 96.2 Å². The van der Waals surface area contributed by atoms with Gasteiger partial charge in [-0.2, -0.15) is 0 Å². The molecule has 2 aromatic rings. The number of aliphatic imine (C=N–C) groups is 1. The van der Waals surface area contributed by atoms with Gasteiger partial charge in [0, 0.05) is 17.6 Å². The van der Waals surface area contributed by atoms with E-state index in [0.29, 0.717) is 17.6 Å². The third-order valence-corrected chi connectivity index (χ3v) is 4.41. The van der Waals surface area contributed by atoms with Gasteiger partial charge in [-0.05, 0) is 31.4 Å². The van der Waals surface area contributed by atoms with Crippen LogP contribution in [-0.4, -0.2) is 27.8 Å². The van der Waals surface area contributed by atoms with Crippen LogP contribution < -0.4 is 11.1 Å². The van der Waals surface area contributed by atoms with Gasteiger partial charge in [0.2, 0.25) is 5.91 Å². The smallest absolute Gasteiger partial charge is 0.227 e. The van der Waals surface area contributed by atoms with Gasteiger partial charge in [0.1, 0.15) is 11.5 Å². The van der Waals surface area contributed by atoms with Gasteiger partial charge in [-0.3, -0.25) is 4.79 Å². The van der Waals surface area contributed by atoms with E-state index in [1.807, 2.05) is 19.2 Å². The molecule has 1 fully saturated rings. The van der Waals surface area contributed by atoms with Gasteiger partial charge < -0.3 is 16.0 Å². The molecule has 0 unspecified atom stereocenters. The number of fused-ring (bicyclic) bond motifs is 1. The molecule has 6 heteroatoms. The van der Waals surface area contributed by atoms with Crippen LogP contribution in [0.25, 0.3) is 11.0 Å². The van der Waals surface area contributed by atoms with Crippen LogP contribution in [0.5, 0.6) is 0 Å². The van der Waals surface area contributed by atoms with E-state index in [-0.39, 0.29) is 12.3 Å². The Kier molecular flexibility index (Phi) is 4.60. The number of H-pyrrole nitrogens is 1. The highest BCUT2D eigenvalue weighted by Crippen LogP contribution is 2.25. The molecule has 1 saturated carbocycles. The van der Waals surface area contributed by atoms with Crippen LogP contribution in [0.2, 0.25) is 0 Å². The number of carbonyl (C=O) groups is 1. The second kappa shape index (κ2) is 6.81. The van der Waals surface area contributed by atoms with Crippen LogP contribution in [0.4, 0.5) is 5.69 Å². The van der Waals surface area contributed by atoms with Crippen molar-refractivity contribution in [3.63, 3.8) is 0 Å². The molecule has 3 rings (SSSR count). The van der Waals surface area contributed by atoms with Gasteiger partial charge in [-0.25, -0.2) is 9.98 Å². The number of pyridine rings is 1. The molecule has 6 nitrogen and oxygen atoms in total. The third kappa shape index (κ3) is 3.70. The second-order valence-electron chi connectivity index (χ2n) is 6.19. The molecule has 0 radical (unpaired) electrons. The number of nitrogens with one attached hydrogen (secondary N) is 2. The van der Waals surface area contributed by atoms with Crippen LogP contribution in [0.15, 0.2) is 23.5 Å². The molecule has 4 N–H and O–H groups in total. The van der Waals surface area contributed by atoms with Crippen molar-refractivity contribution in [2.24, 2.45) is 10.7 Å². The lowest BCUT2D eigenvalue weighted by Gasteiger charge is -2.22. The molecule has 122 valence electrons. The van der Waals surface area contributed by atoms with E-state index < -0.39 is 0 Å². The molecule has 0 saturated heterocycles. The summed E-state index contributed by atoms with van der Waals surface area (Å²) in [5.74, 6) is 0.268. The van der Waals surface area contributed by atoms with Gasteiger partial charge in [-0.15, -0.1) is 0 Å². The first kappa shape index (κ1) is 15.5. The van der Waals surface area contributed by atoms with Crippen molar-refractivity contribution in [3.05, 3.63) is 24.0 Å². The van der Waals surface area contributed by atoms with Crippen LogP contribution >= 0.6 is 0 Å². The maximum Gasteiger partial charge on any atom is 0.227 e. The van der Waals surface area contributed by atoms with Gasteiger partial charge in [0.25, 0.3) is 0 Å². The molecule has 2 aromatic heterocycles. The van der Waals surface area contributed by atoms with E-state index in [1.165, 1.54) is 19.3 Å². The number of nitrogens with zero attached hydrogens (tertiary/aromatic N) is 2. The maximum atomic E-state index is 12.1. The van der Waals surface area contributed by atoms with E-state index in [1.54, 1.807) is 6.20 Å². The van der Waals surface area contributed by atoms with Crippen molar-refractivity contribution < 1.29 is 4.79 Å². The largest absolute Gasteiger partial charge is 0.387 e. The molecule has 2 heterocycles. The number of aryl methyl sites for hydroxylation is 1. The molecule has 0 bridgehead atoms. The van der Waals surface area contributed by atoms with E-state index in [0.717, 1.165) is 29.4 Å². The van der Waals surface area contributed by atoms with Crippen LogP contribution in [-0.2, 0) is 4.79 Å². The monoisotopic (exact) mass is 313 g/mol. The predicted octanol–water partition coefficient (Wildman–Crippen LogP) is 2.70. The standard InChI is InChI=1S/C17H23N5O/c1-11-13-7-8-19-17(13)20-10-14(11)22-15(18)9-16(23)21-12-5-3-2-4-6-12/h7-8,10,12H,2-6,9H2,1H3,(H2,18,22)(H,19,20)(H,21,23). The third-order valence-electron chi connectivity index (χ3n) is 4.41. The summed E-state index contributed by atoms with van der Waals surface area (Å²) >= 11 is 0. The van der Waals surface area contributed by atoms with Crippen molar-refractivity contribution in [1.82, 2.24) is 15.3 Å². The number of aromatic nitrogens is 2. The molecule has 0 aromatic carbocycles. The SMILES string of the molecule is Cc1c(/N=C(\N)CC(=O)NC2CCCCC2)cnc2[nH]ccc12. The number of aromatic amines is 1. The lowest BCUT2D eigenvalue weighted by atomic mass is 9.95. The Balaban J connectivity index is 1.66. The second-order valence-corrected chi connectivity index (χ2v) is 6.19. The maximum absolute atomic E-state index is 12.1. The molecular weight excluding hydrogens is 290 g/mol. The van der Waals surface area contributed by atoms with Gasteiger partial charge in [-0.1, -0.05) is 19.3 Å². The highest BCUT2D eigenvalue weighted by atomic mass is 16.1. The highest BCUT2D eigenvalue weighted by Gasteiger charge is 2.16. The number of amidine groups is 1. The first-order valence-corrected chi connectivity index (χ1v) is 8.18. The normalized spacial score (nSPS) is 16.7. The van der Waals surface area contributed by atoms with Gasteiger partial charge in [0.05, 0.1) is 18.3 Å². The van der Waals surface area contributed by atoms with Crippen LogP contribution in [0, 0.1) is 6.92 Å². The number of hydrogen-bond donors (Lipinski definition) is 3. The Bertz CT molecular complexity index is 728.